The first-order valence-electron chi connectivity index (χ1n) is 9.55. The highest BCUT2D eigenvalue weighted by Crippen LogP contribution is 2.24. The van der Waals surface area contributed by atoms with E-state index >= 15 is 0 Å². The Morgan fingerprint density at radius 1 is 1.14 bits per heavy atom. The highest BCUT2D eigenvalue weighted by atomic mass is 16.5. The fourth-order valence-electron chi connectivity index (χ4n) is 3.93. The molecule has 0 spiro atoms. The lowest BCUT2D eigenvalue weighted by Crippen LogP contribution is -2.21. The minimum Gasteiger partial charge on any atom is -0.465 e. The molecule has 0 bridgehead atoms. The summed E-state index contributed by atoms with van der Waals surface area (Å²) in [5.74, 6) is -0.180. The average molecular weight is 376 g/mol. The lowest BCUT2D eigenvalue weighted by molar-refractivity contribution is 0.0600. The number of carbonyl (C=O) groups excluding carboxylic acids is 1. The normalized spacial score (nSPS) is 19.8. The molecule has 0 unspecified atom stereocenters. The summed E-state index contributed by atoms with van der Waals surface area (Å²) in [6.45, 7) is 2.13. The van der Waals surface area contributed by atoms with E-state index in [2.05, 4.69) is 23.1 Å². The summed E-state index contributed by atoms with van der Waals surface area (Å²) in [5, 5.41) is 11.7. The van der Waals surface area contributed by atoms with Gasteiger partial charge in [-0.15, -0.1) is 0 Å². The zero-order valence-corrected chi connectivity index (χ0v) is 15.9. The molecule has 2 heterocycles. The number of hydrogen-bond donors (Lipinski definition) is 1. The molecule has 1 aliphatic rings. The molecule has 144 valence electrons. The van der Waals surface area contributed by atoms with E-state index in [1.54, 1.807) is 6.07 Å². The lowest BCUT2D eigenvalue weighted by Gasteiger charge is -2.16. The fraction of sp³-hybridized carbons (Fsp3) is 0.304. The number of ether oxygens (including phenoxy) is 1. The van der Waals surface area contributed by atoms with Gasteiger partial charge in [-0.05, 0) is 36.2 Å². The second-order valence-corrected chi connectivity index (χ2v) is 7.41. The van der Waals surface area contributed by atoms with Crippen LogP contribution < -0.4 is 0 Å². The third-order valence-electron chi connectivity index (χ3n) is 5.36. The van der Waals surface area contributed by atoms with Gasteiger partial charge in [0.15, 0.2) is 0 Å². The van der Waals surface area contributed by atoms with Gasteiger partial charge in [-0.2, -0.15) is 0 Å². The molecule has 1 fully saturated rings. The van der Waals surface area contributed by atoms with Crippen LogP contribution in [0.3, 0.4) is 0 Å². The molecule has 28 heavy (non-hydrogen) atoms. The SMILES string of the molecule is COC(=O)c1cccc(CN2C[C@@H](Cc3ccc4ccccc4n3)[C@H](O)C2)c1. The maximum Gasteiger partial charge on any atom is 0.337 e. The van der Waals surface area contributed by atoms with Crippen molar-refractivity contribution in [3.8, 4) is 0 Å². The fourth-order valence-corrected chi connectivity index (χ4v) is 3.93. The maximum atomic E-state index is 11.7. The Morgan fingerprint density at radius 2 is 2.00 bits per heavy atom. The number of carbonyl (C=O) groups is 1. The number of rotatable bonds is 5. The van der Waals surface area contributed by atoms with Crippen molar-refractivity contribution in [2.75, 3.05) is 20.2 Å². The Morgan fingerprint density at radius 3 is 2.86 bits per heavy atom. The second-order valence-electron chi connectivity index (χ2n) is 7.41. The van der Waals surface area contributed by atoms with Crippen molar-refractivity contribution in [3.05, 3.63) is 77.5 Å². The molecule has 5 nitrogen and oxygen atoms in total. The number of fused-ring (bicyclic) bond motifs is 1. The zero-order valence-electron chi connectivity index (χ0n) is 15.9. The number of aliphatic hydroxyl groups excluding tert-OH is 1. The Bertz CT molecular complexity index is 988. The van der Waals surface area contributed by atoms with Gasteiger partial charge in [0.25, 0.3) is 0 Å². The molecular formula is C23H24N2O3. The van der Waals surface area contributed by atoms with Crippen LogP contribution in [0.5, 0.6) is 0 Å². The van der Waals surface area contributed by atoms with Gasteiger partial charge >= 0.3 is 5.97 Å². The van der Waals surface area contributed by atoms with E-state index < -0.39 is 0 Å². The van der Waals surface area contributed by atoms with E-state index in [-0.39, 0.29) is 18.0 Å². The van der Waals surface area contributed by atoms with Gasteiger partial charge in [0.1, 0.15) is 0 Å². The number of esters is 1. The van der Waals surface area contributed by atoms with Crippen molar-refractivity contribution in [2.24, 2.45) is 5.92 Å². The summed E-state index contributed by atoms with van der Waals surface area (Å²) in [5.41, 5.74) is 3.59. The number of hydrogen-bond acceptors (Lipinski definition) is 5. The zero-order chi connectivity index (χ0) is 19.5. The van der Waals surface area contributed by atoms with Gasteiger partial charge < -0.3 is 9.84 Å². The standard InChI is InChI=1S/C23H24N2O3/c1-28-23(27)18-7-4-5-16(11-18)13-25-14-19(22(26)15-25)12-20-10-9-17-6-2-3-8-21(17)24-20/h2-11,19,22,26H,12-15H2,1H3/t19-,22-/m1/s1. The van der Waals surface area contributed by atoms with Crippen molar-refractivity contribution >= 4 is 16.9 Å². The van der Waals surface area contributed by atoms with Gasteiger partial charge in [0, 0.05) is 36.6 Å². The van der Waals surface area contributed by atoms with E-state index in [1.807, 2.05) is 36.4 Å². The predicted octanol–water partition coefficient (Wildman–Crippen LogP) is 3.06. The van der Waals surface area contributed by atoms with Crippen LogP contribution in [0.15, 0.2) is 60.7 Å². The number of likely N-dealkylation sites (tertiary alicyclic amines) is 1. The van der Waals surface area contributed by atoms with Crippen molar-refractivity contribution in [2.45, 2.75) is 19.1 Å². The van der Waals surface area contributed by atoms with E-state index in [4.69, 9.17) is 9.72 Å². The number of aliphatic hydroxyl groups is 1. The molecule has 0 aliphatic carbocycles. The lowest BCUT2D eigenvalue weighted by atomic mass is 9.99. The molecule has 1 N–H and O–H groups in total. The Hall–Kier alpha value is -2.76. The smallest absolute Gasteiger partial charge is 0.337 e. The molecule has 2 atom stereocenters. The number of pyridine rings is 1. The summed E-state index contributed by atoms with van der Waals surface area (Å²) >= 11 is 0. The highest BCUT2D eigenvalue weighted by Gasteiger charge is 2.31. The quantitative estimate of drug-likeness (QED) is 0.694. The first-order valence-corrected chi connectivity index (χ1v) is 9.55. The first-order chi connectivity index (χ1) is 13.6. The van der Waals surface area contributed by atoms with Crippen molar-refractivity contribution in [1.82, 2.24) is 9.88 Å². The summed E-state index contributed by atoms with van der Waals surface area (Å²) < 4.78 is 4.79. The molecular weight excluding hydrogens is 352 g/mol. The van der Waals surface area contributed by atoms with Crippen molar-refractivity contribution in [1.29, 1.82) is 0 Å². The monoisotopic (exact) mass is 376 g/mol. The van der Waals surface area contributed by atoms with Crippen LogP contribution in [0, 0.1) is 5.92 Å². The van der Waals surface area contributed by atoms with E-state index in [9.17, 15) is 9.90 Å². The molecule has 0 saturated carbocycles. The summed E-state index contributed by atoms with van der Waals surface area (Å²) in [4.78, 5) is 18.7. The second kappa shape index (κ2) is 8.09. The predicted molar refractivity (Wildman–Crippen MR) is 108 cm³/mol. The van der Waals surface area contributed by atoms with E-state index in [0.717, 1.165) is 35.1 Å². The number of methoxy groups -OCH3 is 1. The molecule has 3 aromatic rings. The number of aromatic nitrogens is 1. The van der Waals surface area contributed by atoms with Crippen LogP contribution in [0.4, 0.5) is 0 Å². The molecule has 1 aliphatic heterocycles. The number of β-amino-alcohol motifs (C(OH)–C–C–N with tert-alkyl or cyclic N) is 1. The molecule has 0 amide bonds. The Balaban J connectivity index is 1.42. The highest BCUT2D eigenvalue weighted by molar-refractivity contribution is 5.89. The van der Waals surface area contributed by atoms with Crippen molar-refractivity contribution < 1.29 is 14.6 Å². The van der Waals surface area contributed by atoms with Crippen LogP contribution in [-0.2, 0) is 17.7 Å². The summed E-state index contributed by atoms with van der Waals surface area (Å²) in [6.07, 6.45) is 0.377. The first kappa shape index (κ1) is 18.6. The number of nitrogens with zero attached hydrogens (tertiary/aromatic N) is 2. The van der Waals surface area contributed by atoms with Gasteiger partial charge in [-0.1, -0.05) is 36.4 Å². The molecule has 1 aromatic heterocycles. The minimum atomic E-state index is -0.378. The minimum absolute atomic E-state index is 0.150. The molecule has 5 heteroatoms. The molecule has 1 saturated heterocycles. The van der Waals surface area contributed by atoms with Gasteiger partial charge in [0.05, 0.1) is 24.3 Å². The van der Waals surface area contributed by atoms with Gasteiger partial charge in [-0.25, -0.2) is 4.79 Å². The third kappa shape index (κ3) is 4.06. The Labute approximate surface area is 164 Å². The molecule has 2 aromatic carbocycles. The van der Waals surface area contributed by atoms with E-state index in [1.165, 1.54) is 7.11 Å². The topological polar surface area (TPSA) is 62.7 Å². The van der Waals surface area contributed by atoms with Gasteiger partial charge in [0.2, 0.25) is 0 Å². The third-order valence-corrected chi connectivity index (χ3v) is 5.36. The largest absolute Gasteiger partial charge is 0.465 e. The van der Waals surface area contributed by atoms with Crippen LogP contribution >= 0.6 is 0 Å². The number of para-hydroxylation sites is 1. The van der Waals surface area contributed by atoms with E-state index in [0.29, 0.717) is 18.7 Å². The summed E-state index contributed by atoms with van der Waals surface area (Å²) in [6, 6.07) is 19.7. The number of benzene rings is 2. The van der Waals surface area contributed by atoms with Crippen molar-refractivity contribution in [3.63, 3.8) is 0 Å². The Kier molecular flexibility index (Phi) is 5.37. The van der Waals surface area contributed by atoms with Crippen LogP contribution in [0.1, 0.15) is 21.6 Å². The molecule has 4 rings (SSSR count). The van der Waals surface area contributed by atoms with Crippen LogP contribution in [0.2, 0.25) is 0 Å². The maximum absolute atomic E-state index is 11.7. The van der Waals surface area contributed by atoms with Gasteiger partial charge in [-0.3, -0.25) is 9.88 Å². The van der Waals surface area contributed by atoms with Crippen LogP contribution in [0.25, 0.3) is 10.9 Å². The van der Waals surface area contributed by atoms with Crippen LogP contribution in [-0.4, -0.2) is 47.3 Å². The average Bonchev–Trinajstić information content (AvgIpc) is 3.06. The molecule has 0 radical (unpaired) electrons. The summed E-state index contributed by atoms with van der Waals surface area (Å²) in [7, 11) is 1.39.